The van der Waals surface area contributed by atoms with Gasteiger partial charge in [0.1, 0.15) is 0 Å². The minimum absolute atomic E-state index is 0.135. The topological polar surface area (TPSA) is 61.6 Å². The second-order valence-electron chi connectivity index (χ2n) is 6.92. The van der Waals surface area contributed by atoms with Crippen molar-refractivity contribution >= 4 is 16.8 Å². The molecule has 1 atom stereocenters. The molecule has 2 aromatic rings. The Morgan fingerprint density at radius 1 is 1.36 bits per heavy atom. The van der Waals surface area contributed by atoms with Crippen molar-refractivity contribution in [2.45, 2.75) is 24.4 Å². The summed E-state index contributed by atoms with van der Waals surface area (Å²) >= 11 is 0. The quantitative estimate of drug-likeness (QED) is 0.901. The van der Waals surface area contributed by atoms with Crippen LogP contribution in [-0.2, 0) is 7.05 Å². The fourth-order valence-electron chi connectivity index (χ4n) is 3.87. The van der Waals surface area contributed by atoms with Gasteiger partial charge in [-0.3, -0.25) is 14.4 Å². The first-order valence-corrected chi connectivity index (χ1v) is 8.35. The third kappa shape index (κ3) is 2.69. The molecule has 1 aromatic carbocycles. The molecule has 0 unspecified atom stereocenters. The minimum atomic E-state index is -2.77. The molecule has 1 aromatic heterocycles. The highest BCUT2D eigenvalue weighted by molar-refractivity contribution is 6.05. The van der Waals surface area contributed by atoms with Crippen molar-refractivity contribution in [1.82, 2.24) is 19.6 Å². The number of aromatic nitrogens is 2. The Bertz CT molecular complexity index is 816. The van der Waals surface area contributed by atoms with Crippen molar-refractivity contribution in [3.05, 3.63) is 30.0 Å². The second-order valence-corrected chi connectivity index (χ2v) is 6.92. The van der Waals surface area contributed by atoms with Crippen molar-refractivity contribution in [2.75, 3.05) is 26.2 Å². The lowest BCUT2D eigenvalue weighted by atomic mass is 10.0. The zero-order chi connectivity index (χ0) is 17.8. The number of benzene rings is 1. The van der Waals surface area contributed by atoms with E-state index in [2.05, 4.69) is 5.10 Å². The Labute approximate surface area is 143 Å². The van der Waals surface area contributed by atoms with E-state index in [1.54, 1.807) is 21.5 Å². The maximum Gasteiger partial charge on any atom is 0.275 e. The Kier molecular flexibility index (Phi) is 3.77. The average Bonchev–Trinajstić information content (AvgIpc) is 3.03. The number of likely N-dealkylation sites (tertiary alicyclic amines) is 2. The van der Waals surface area contributed by atoms with E-state index < -0.39 is 12.0 Å². The third-order valence-electron chi connectivity index (χ3n) is 5.21. The molecule has 1 N–H and O–H groups in total. The molecular weight excluding hydrogens is 330 g/mol. The van der Waals surface area contributed by atoms with E-state index in [1.807, 2.05) is 24.3 Å². The van der Waals surface area contributed by atoms with Crippen LogP contribution in [0, 0.1) is 0 Å². The van der Waals surface area contributed by atoms with E-state index in [0.29, 0.717) is 18.8 Å². The van der Waals surface area contributed by atoms with Crippen LogP contribution in [0.25, 0.3) is 10.9 Å². The van der Waals surface area contributed by atoms with Crippen LogP contribution in [0.1, 0.15) is 16.9 Å². The van der Waals surface area contributed by atoms with Crippen LogP contribution in [-0.4, -0.2) is 74.8 Å². The normalized spacial score (nSPS) is 24.0. The summed E-state index contributed by atoms with van der Waals surface area (Å²) < 4.78 is 28.9. The van der Waals surface area contributed by atoms with Crippen LogP contribution in [0.3, 0.4) is 0 Å². The zero-order valence-electron chi connectivity index (χ0n) is 13.9. The summed E-state index contributed by atoms with van der Waals surface area (Å²) in [6.45, 7) is 0.134. The predicted molar refractivity (Wildman–Crippen MR) is 87.5 cm³/mol. The van der Waals surface area contributed by atoms with Gasteiger partial charge in [-0.2, -0.15) is 5.10 Å². The smallest absolute Gasteiger partial charge is 0.275 e. The summed E-state index contributed by atoms with van der Waals surface area (Å²) in [7, 11) is 1.79. The van der Waals surface area contributed by atoms with Crippen molar-refractivity contribution < 1.29 is 18.7 Å². The number of nitrogens with zero attached hydrogens (tertiary/aromatic N) is 4. The van der Waals surface area contributed by atoms with E-state index in [-0.39, 0.29) is 31.5 Å². The maximum absolute atomic E-state index is 13.6. The molecule has 0 spiro atoms. The second kappa shape index (κ2) is 5.74. The lowest BCUT2D eigenvalue weighted by molar-refractivity contribution is -0.0126. The summed E-state index contributed by atoms with van der Waals surface area (Å²) in [5.41, 5.74) is 1.27. The molecule has 8 heteroatoms. The average molecular weight is 350 g/mol. The van der Waals surface area contributed by atoms with E-state index in [9.17, 15) is 18.7 Å². The number of hydrogen-bond donors (Lipinski definition) is 1. The van der Waals surface area contributed by atoms with Crippen LogP contribution in [0.5, 0.6) is 0 Å². The van der Waals surface area contributed by atoms with Gasteiger partial charge in [-0.1, -0.05) is 18.2 Å². The molecule has 3 heterocycles. The van der Waals surface area contributed by atoms with Crippen molar-refractivity contribution in [1.29, 1.82) is 0 Å². The first kappa shape index (κ1) is 16.4. The standard InChI is InChI=1S/C17H20F2N4O2/c1-21-14-5-3-2-4-13(14)15(20-21)16(25)22-7-12(8-22)23-10-17(18,19)6-11(23)9-24/h2-5,11-12,24H,6-10H2,1H3/t11-/m0/s1. The van der Waals surface area contributed by atoms with E-state index in [1.165, 1.54) is 0 Å². The van der Waals surface area contributed by atoms with E-state index in [4.69, 9.17) is 0 Å². The predicted octanol–water partition coefficient (Wildman–Crippen LogP) is 1.10. The van der Waals surface area contributed by atoms with Crippen LogP contribution >= 0.6 is 0 Å². The van der Waals surface area contributed by atoms with Gasteiger partial charge >= 0.3 is 0 Å². The number of carbonyl (C=O) groups is 1. The SMILES string of the molecule is Cn1nc(C(=O)N2CC(N3CC(F)(F)C[C@H]3CO)C2)c2ccccc21. The Hall–Kier alpha value is -2.06. The van der Waals surface area contributed by atoms with Crippen LogP contribution in [0.2, 0.25) is 0 Å². The number of rotatable bonds is 3. The van der Waals surface area contributed by atoms with Crippen molar-refractivity contribution in [3.8, 4) is 0 Å². The molecule has 134 valence electrons. The number of halogens is 2. The highest BCUT2D eigenvalue weighted by atomic mass is 19.3. The van der Waals surface area contributed by atoms with Gasteiger partial charge in [0, 0.05) is 44.0 Å². The number of alkyl halides is 2. The first-order chi connectivity index (χ1) is 11.9. The van der Waals surface area contributed by atoms with Crippen LogP contribution in [0.15, 0.2) is 24.3 Å². The van der Waals surface area contributed by atoms with Gasteiger partial charge in [0.2, 0.25) is 0 Å². The molecule has 25 heavy (non-hydrogen) atoms. The Balaban J connectivity index is 1.48. The van der Waals surface area contributed by atoms with Crippen molar-refractivity contribution in [2.24, 2.45) is 7.05 Å². The highest BCUT2D eigenvalue weighted by Crippen LogP contribution is 2.35. The molecule has 1 amide bonds. The highest BCUT2D eigenvalue weighted by Gasteiger charge is 2.50. The zero-order valence-corrected chi connectivity index (χ0v) is 13.9. The third-order valence-corrected chi connectivity index (χ3v) is 5.21. The van der Waals surface area contributed by atoms with Gasteiger partial charge in [0.25, 0.3) is 11.8 Å². The Morgan fingerprint density at radius 2 is 2.08 bits per heavy atom. The molecule has 6 nitrogen and oxygen atoms in total. The fraction of sp³-hybridized carbons (Fsp3) is 0.529. The van der Waals surface area contributed by atoms with Gasteiger partial charge in [-0.25, -0.2) is 8.78 Å². The molecule has 2 saturated heterocycles. The van der Waals surface area contributed by atoms with Crippen LogP contribution in [0.4, 0.5) is 8.78 Å². The molecule has 0 radical (unpaired) electrons. The number of para-hydroxylation sites is 1. The molecule has 2 aliphatic rings. The molecular formula is C17H20F2N4O2. The molecule has 0 aliphatic carbocycles. The number of carbonyl (C=O) groups excluding carboxylic acids is 1. The monoisotopic (exact) mass is 350 g/mol. The fourth-order valence-corrected chi connectivity index (χ4v) is 3.87. The Morgan fingerprint density at radius 3 is 2.80 bits per heavy atom. The van der Waals surface area contributed by atoms with Crippen LogP contribution < -0.4 is 0 Å². The number of amides is 1. The van der Waals surface area contributed by atoms with Gasteiger partial charge in [-0.05, 0) is 6.07 Å². The van der Waals surface area contributed by atoms with Gasteiger partial charge in [-0.15, -0.1) is 0 Å². The summed E-state index contributed by atoms with van der Waals surface area (Å²) in [6.07, 6.45) is -0.321. The van der Waals surface area contributed by atoms with Crippen molar-refractivity contribution in [3.63, 3.8) is 0 Å². The number of hydrogen-bond acceptors (Lipinski definition) is 4. The lowest BCUT2D eigenvalue weighted by Crippen LogP contribution is -2.62. The maximum atomic E-state index is 13.6. The largest absolute Gasteiger partial charge is 0.395 e. The number of aryl methyl sites for hydroxylation is 1. The summed E-state index contributed by atoms with van der Waals surface area (Å²) in [5, 5.41) is 14.5. The van der Waals surface area contributed by atoms with Gasteiger partial charge in [0.15, 0.2) is 5.69 Å². The number of aliphatic hydroxyl groups is 1. The summed E-state index contributed by atoms with van der Waals surface area (Å²) in [5.74, 6) is -2.95. The molecule has 0 saturated carbocycles. The van der Waals surface area contributed by atoms with E-state index >= 15 is 0 Å². The molecule has 2 fully saturated rings. The number of aliphatic hydroxyl groups excluding tert-OH is 1. The van der Waals surface area contributed by atoms with E-state index in [0.717, 1.165) is 10.9 Å². The first-order valence-electron chi connectivity index (χ1n) is 8.35. The summed E-state index contributed by atoms with van der Waals surface area (Å²) in [4.78, 5) is 16.0. The lowest BCUT2D eigenvalue weighted by Gasteiger charge is -2.45. The molecule has 2 aliphatic heterocycles. The minimum Gasteiger partial charge on any atom is -0.395 e. The van der Waals surface area contributed by atoms with Gasteiger partial charge in [0.05, 0.1) is 18.7 Å². The molecule has 4 rings (SSSR count). The number of fused-ring (bicyclic) bond motifs is 1. The van der Waals surface area contributed by atoms with Gasteiger partial charge < -0.3 is 10.0 Å². The summed E-state index contributed by atoms with van der Waals surface area (Å²) in [6, 6.07) is 6.84. The molecule has 0 bridgehead atoms.